The highest BCUT2D eigenvalue weighted by atomic mass is 16.5. The molecule has 0 saturated carbocycles. The van der Waals surface area contributed by atoms with Crippen molar-refractivity contribution in [2.75, 3.05) is 62.7 Å². The number of aliphatic carboxylic acids is 1. The van der Waals surface area contributed by atoms with Crippen molar-refractivity contribution in [1.82, 2.24) is 9.88 Å². The molecule has 224 valence electrons. The van der Waals surface area contributed by atoms with E-state index in [1.807, 2.05) is 0 Å². The number of carboxylic acid groups (broad SMARTS) is 1. The molecule has 1 aromatic heterocycles. The third-order valence-corrected chi connectivity index (χ3v) is 8.62. The summed E-state index contributed by atoms with van der Waals surface area (Å²) in [6, 6.07) is 10.9. The van der Waals surface area contributed by atoms with Crippen LogP contribution in [0.2, 0.25) is 0 Å². The summed E-state index contributed by atoms with van der Waals surface area (Å²) in [4.78, 5) is 21.6. The minimum atomic E-state index is -0.787. The van der Waals surface area contributed by atoms with E-state index >= 15 is 0 Å². The molecular formula is C33H48N4O4. The van der Waals surface area contributed by atoms with Gasteiger partial charge in [0.05, 0.1) is 31.3 Å². The Kier molecular flexibility index (Phi) is 9.83. The van der Waals surface area contributed by atoms with Gasteiger partial charge in [0.15, 0.2) is 0 Å². The Labute approximate surface area is 245 Å². The lowest BCUT2D eigenvalue weighted by molar-refractivity contribution is -0.138. The summed E-state index contributed by atoms with van der Waals surface area (Å²) in [5, 5.41) is 13.2. The van der Waals surface area contributed by atoms with Gasteiger partial charge in [0.1, 0.15) is 5.82 Å². The van der Waals surface area contributed by atoms with E-state index in [1.165, 1.54) is 12.0 Å². The molecule has 0 amide bonds. The number of nitrogens with zero attached hydrogens (tertiary/aromatic N) is 3. The standard InChI is InChI=1S/C33H48N4O4/c1-24-17-26(19-29(18-24)37-15-16-41-33(2,3)23-37)27(20-31(38)39)22-40-30-9-6-14-36(21-30)13-5-8-28-11-10-25-7-4-12-34-32(25)35-28/h10-11,17-19,27,30H,4-9,12-16,20-23H2,1-3H3,(H,34,35)(H,38,39)/t27-,30-/m1/s1. The Morgan fingerprint density at radius 2 is 2.12 bits per heavy atom. The van der Waals surface area contributed by atoms with Crippen LogP contribution in [0.3, 0.4) is 0 Å². The Morgan fingerprint density at radius 1 is 1.24 bits per heavy atom. The summed E-state index contributed by atoms with van der Waals surface area (Å²) in [7, 11) is 0. The lowest BCUT2D eigenvalue weighted by atomic mass is 9.93. The molecule has 41 heavy (non-hydrogen) atoms. The van der Waals surface area contributed by atoms with E-state index in [-0.39, 0.29) is 24.0 Å². The highest BCUT2D eigenvalue weighted by Crippen LogP contribution is 2.30. The highest BCUT2D eigenvalue weighted by molar-refractivity contribution is 5.68. The quantitative estimate of drug-likeness (QED) is 0.393. The summed E-state index contributed by atoms with van der Waals surface area (Å²) in [5.41, 5.74) is 5.63. The Hall–Kier alpha value is -2.68. The van der Waals surface area contributed by atoms with Gasteiger partial charge in [-0.25, -0.2) is 4.98 Å². The number of fused-ring (bicyclic) bond motifs is 1. The number of carboxylic acids is 1. The highest BCUT2D eigenvalue weighted by Gasteiger charge is 2.29. The number of benzene rings is 1. The number of nitrogens with one attached hydrogen (secondary N) is 1. The molecule has 2 N–H and O–H groups in total. The number of aryl methyl sites for hydroxylation is 3. The van der Waals surface area contributed by atoms with Crippen LogP contribution in [0.15, 0.2) is 30.3 Å². The average Bonchev–Trinajstić information content (AvgIpc) is 2.94. The van der Waals surface area contributed by atoms with Crippen molar-refractivity contribution in [3.05, 3.63) is 52.7 Å². The second kappa shape index (κ2) is 13.5. The van der Waals surface area contributed by atoms with E-state index in [0.717, 1.165) is 99.7 Å². The first kappa shape index (κ1) is 29.8. The van der Waals surface area contributed by atoms with Crippen LogP contribution < -0.4 is 10.2 Å². The van der Waals surface area contributed by atoms with Crippen LogP contribution in [0.1, 0.15) is 74.3 Å². The molecule has 3 aliphatic heterocycles. The largest absolute Gasteiger partial charge is 0.481 e. The fourth-order valence-electron chi connectivity index (χ4n) is 6.53. The van der Waals surface area contributed by atoms with Crippen molar-refractivity contribution in [2.45, 2.75) is 83.3 Å². The number of carbonyl (C=O) groups is 1. The van der Waals surface area contributed by atoms with Gasteiger partial charge in [0, 0.05) is 43.5 Å². The molecule has 0 bridgehead atoms. The predicted molar refractivity (Wildman–Crippen MR) is 163 cm³/mol. The van der Waals surface area contributed by atoms with E-state index in [9.17, 15) is 9.90 Å². The third-order valence-electron chi connectivity index (χ3n) is 8.62. The van der Waals surface area contributed by atoms with Crippen LogP contribution >= 0.6 is 0 Å². The van der Waals surface area contributed by atoms with Crippen molar-refractivity contribution < 1.29 is 19.4 Å². The van der Waals surface area contributed by atoms with Crippen LogP contribution in [0.25, 0.3) is 0 Å². The van der Waals surface area contributed by atoms with E-state index in [2.05, 4.69) is 66.2 Å². The second-order valence-electron chi connectivity index (χ2n) is 12.8. The molecule has 0 aliphatic carbocycles. The zero-order valence-corrected chi connectivity index (χ0v) is 25.2. The molecule has 2 fully saturated rings. The van der Waals surface area contributed by atoms with Gasteiger partial charge in [-0.3, -0.25) is 4.79 Å². The fraction of sp³-hybridized carbons (Fsp3) is 0.636. The summed E-state index contributed by atoms with van der Waals surface area (Å²) in [6.45, 7) is 13.1. The van der Waals surface area contributed by atoms with Crippen molar-refractivity contribution in [3.8, 4) is 0 Å². The molecule has 0 unspecified atom stereocenters. The smallest absolute Gasteiger partial charge is 0.304 e. The maximum atomic E-state index is 11.9. The number of aromatic nitrogens is 1. The molecule has 8 heteroatoms. The molecule has 0 spiro atoms. The average molecular weight is 565 g/mol. The molecule has 1 aromatic carbocycles. The lowest BCUT2D eigenvalue weighted by Gasteiger charge is -2.40. The molecule has 4 heterocycles. The van der Waals surface area contributed by atoms with Gasteiger partial charge in [-0.2, -0.15) is 0 Å². The number of pyridine rings is 1. The zero-order chi connectivity index (χ0) is 28.8. The van der Waals surface area contributed by atoms with Crippen molar-refractivity contribution in [2.24, 2.45) is 0 Å². The topological polar surface area (TPSA) is 87.2 Å². The first-order chi connectivity index (χ1) is 19.7. The maximum absolute atomic E-state index is 11.9. The number of piperidine rings is 1. The lowest BCUT2D eigenvalue weighted by Crippen LogP contribution is -2.48. The van der Waals surface area contributed by atoms with E-state index in [1.54, 1.807) is 0 Å². The van der Waals surface area contributed by atoms with E-state index < -0.39 is 5.97 Å². The van der Waals surface area contributed by atoms with Gasteiger partial charge in [0.25, 0.3) is 0 Å². The van der Waals surface area contributed by atoms with Crippen molar-refractivity contribution in [3.63, 3.8) is 0 Å². The van der Waals surface area contributed by atoms with Crippen LogP contribution in [-0.4, -0.2) is 85.1 Å². The van der Waals surface area contributed by atoms with E-state index in [0.29, 0.717) is 13.2 Å². The Balaban J connectivity index is 1.15. The zero-order valence-electron chi connectivity index (χ0n) is 25.2. The van der Waals surface area contributed by atoms with Gasteiger partial charge >= 0.3 is 5.97 Å². The SMILES string of the molecule is Cc1cc([C@@H](CO[C@@H]2CCCN(CCCc3ccc4c(n3)NCCC4)C2)CC(=O)O)cc(N2CCOC(C)(C)C2)c1. The first-order valence-electron chi connectivity index (χ1n) is 15.5. The number of morpholine rings is 1. The monoisotopic (exact) mass is 564 g/mol. The minimum absolute atomic E-state index is 0.0660. The molecule has 8 nitrogen and oxygen atoms in total. The van der Waals surface area contributed by atoms with E-state index in [4.69, 9.17) is 14.5 Å². The first-order valence-corrected chi connectivity index (χ1v) is 15.5. The second-order valence-corrected chi connectivity index (χ2v) is 12.8. The Bertz CT molecular complexity index is 1190. The molecule has 3 aliphatic rings. The van der Waals surface area contributed by atoms with Crippen molar-refractivity contribution >= 4 is 17.5 Å². The number of likely N-dealkylation sites (tertiary alicyclic amines) is 1. The van der Waals surface area contributed by atoms with Gasteiger partial charge in [0.2, 0.25) is 0 Å². The summed E-state index contributed by atoms with van der Waals surface area (Å²) in [5.74, 6) is 0.107. The van der Waals surface area contributed by atoms with Gasteiger partial charge in [-0.15, -0.1) is 0 Å². The number of anilines is 2. The molecule has 2 saturated heterocycles. The minimum Gasteiger partial charge on any atom is -0.481 e. The maximum Gasteiger partial charge on any atom is 0.304 e. The fourth-order valence-corrected chi connectivity index (χ4v) is 6.53. The molecular weight excluding hydrogens is 516 g/mol. The van der Waals surface area contributed by atoms with Crippen LogP contribution in [0.5, 0.6) is 0 Å². The van der Waals surface area contributed by atoms with Crippen LogP contribution in [-0.2, 0) is 27.1 Å². The van der Waals surface area contributed by atoms with Gasteiger partial charge in [-0.1, -0.05) is 12.1 Å². The molecule has 5 rings (SSSR count). The number of hydrogen-bond acceptors (Lipinski definition) is 7. The number of hydrogen-bond donors (Lipinski definition) is 2. The number of ether oxygens (including phenoxy) is 2. The van der Waals surface area contributed by atoms with Gasteiger partial charge in [-0.05, 0) is 107 Å². The predicted octanol–water partition coefficient (Wildman–Crippen LogP) is 5.04. The summed E-state index contributed by atoms with van der Waals surface area (Å²) in [6.07, 6.45) is 6.69. The number of rotatable bonds is 11. The molecule has 0 radical (unpaired) electrons. The third kappa shape index (κ3) is 8.43. The molecule has 2 atom stereocenters. The van der Waals surface area contributed by atoms with Crippen LogP contribution in [0, 0.1) is 6.92 Å². The van der Waals surface area contributed by atoms with Crippen molar-refractivity contribution in [1.29, 1.82) is 0 Å². The summed E-state index contributed by atoms with van der Waals surface area (Å²) >= 11 is 0. The summed E-state index contributed by atoms with van der Waals surface area (Å²) < 4.78 is 12.4. The Morgan fingerprint density at radius 3 is 2.95 bits per heavy atom. The van der Waals surface area contributed by atoms with Crippen LogP contribution in [0.4, 0.5) is 11.5 Å². The van der Waals surface area contributed by atoms with Gasteiger partial charge < -0.3 is 29.7 Å². The normalized spacial score (nSPS) is 21.6. The molecule has 2 aromatic rings.